The highest BCUT2D eigenvalue weighted by Gasteiger charge is 2.23. The van der Waals surface area contributed by atoms with Crippen LogP contribution in [0.3, 0.4) is 0 Å². The highest BCUT2D eigenvalue weighted by atomic mass is 16.5. The Morgan fingerprint density at radius 3 is 2.55 bits per heavy atom. The summed E-state index contributed by atoms with van der Waals surface area (Å²) >= 11 is 0. The van der Waals surface area contributed by atoms with Crippen molar-refractivity contribution in [2.75, 3.05) is 40.4 Å². The van der Waals surface area contributed by atoms with E-state index in [-0.39, 0.29) is 18.0 Å². The predicted octanol–water partition coefficient (Wildman–Crippen LogP) is 1.76. The van der Waals surface area contributed by atoms with Crippen LogP contribution in [0.1, 0.15) is 5.56 Å². The molecular formula is C23H26N4O4. The number of carbonyl (C=O) groups is 1. The molecule has 0 spiro atoms. The molecule has 1 aromatic heterocycles. The molecule has 0 radical (unpaired) electrons. The average molecular weight is 422 g/mol. The van der Waals surface area contributed by atoms with Gasteiger partial charge in [-0.2, -0.15) is 5.10 Å². The number of ether oxygens (including phenoxy) is 2. The lowest BCUT2D eigenvalue weighted by molar-refractivity contribution is -0.133. The Labute approximate surface area is 180 Å². The third-order valence-electron chi connectivity index (χ3n) is 5.65. The van der Waals surface area contributed by atoms with Gasteiger partial charge in [0.2, 0.25) is 5.91 Å². The lowest BCUT2D eigenvalue weighted by Crippen LogP contribution is -2.49. The molecule has 162 valence electrons. The first-order chi connectivity index (χ1) is 15.1. The molecule has 3 aromatic rings. The number of aromatic nitrogens is 2. The monoisotopic (exact) mass is 422 g/mol. The van der Waals surface area contributed by atoms with Crippen molar-refractivity contribution in [1.82, 2.24) is 19.6 Å². The van der Waals surface area contributed by atoms with Gasteiger partial charge in [0.1, 0.15) is 18.0 Å². The number of benzene rings is 2. The summed E-state index contributed by atoms with van der Waals surface area (Å²) in [5.41, 5.74) is 0.809. The highest BCUT2D eigenvalue weighted by molar-refractivity contribution is 5.81. The number of piperazine rings is 1. The van der Waals surface area contributed by atoms with E-state index < -0.39 is 0 Å². The molecule has 1 saturated heterocycles. The zero-order chi connectivity index (χ0) is 21.8. The molecule has 1 fully saturated rings. The lowest BCUT2D eigenvalue weighted by Gasteiger charge is -2.35. The molecule has 1 aliphatic heterocycles. The molecule has 2 heterocycles. The van der Waals surface area contributed by atoms with Gasteiger partial charge in [-0.1, -0.05) is 18.2 Å². The zero-order valence-corrected chi connectivity index (χ0v) is 17.8. The maximum atomic E-state index is 12.8. The van der Waals surface area contributed by atoms with Crippen molar-refractivity contribution < 1.29 is 14.3 Å². The van der Waals surface area contributed by atoms with E-state index in [1.165, 1.54) is 4.68 Å². The topological polar surface area (TPSA) is 76.9 Å². The van der Waals surface area contributed by atoms with Crippen molar-refractivity contribution >= 4 is 16.7 Å². The van der Waals surface area contributed by atoms with Crippen molar-refractivity contribution in [1.29, 1.82) is 0 Å². The summed E-state index contributed by atoms with van der Waals surface area (Å²) in [6.45, 7) is 3.36. The number of hydrogen-bond donors (Lipinski definition) is 0. The summed E-state index contributed by atoms with van der Waals surface area (Å²) in [5.74, 6) is 1.52. The van der Waals surface area contributed by atoms with E-state index in [0.717, 1.165) is 35.5 Å². The first-order valence-electron chi connectivity index (χ1n) is 10.2. The van der Waals surface area contributed by atoms with E-state index >= 15 is 0 Å². The van der Waals surface area contributed by atoms with Crippen LogP contribution in [0.5, 0.6) is 11.5 Å². The van der Waals surface area contributed by atoms with Crippen molar-refractivity contribution in [2.24, 2.45) is 0 Å². The van der Waals surface area contributed by atoms with Crippen LogP contribution in [0.4, 0.5) is 0 Å². The molecule has 2 aromatic carbocycles. The predicted molar refractivity (Wildman–Crippen MR) is 117 cm³/mol. The molecule has 8 heteroatoms. The number of carbonyl (C=O) groups excluding carboxylic acids is 1. The molecule has 8 nitrogen and oxygen atoms in total. The summed E-state index contributed by atoms with van der Waals surface area (Å²) < 4.78 is 12.0. The van der Waals surface area contributed by atoms with Crippen LogP contribution in [0, 0.1) is 0 Å². The molecule has 0 N–H and O–H groups in total. The summed E-state index contributed by atoms with van der Waals surface area (Å²) in [4.78, 5) is 29.5. The second-order valence-electron chi connectivity index (χ2n) is 7.53. The largest absolute Gasteiger partial charge is 0.497 e. The van der Waals surface area contributed by atoms with Gasteiger partial charge in [-0.3, -0.25) is 14.5 Å². The van der Waals surface area contributed by atoms with Crippen LogP contribution in [0.25, 0.3) is 10.8 Å². The molecule has 1 aliphatic rings. The Balaban J connectivity index is 1.37. The molecule has 0 unspecified atom stereocenters. The minimum atomic E-state index is -0.241. The molecule has 0 saturated carbocycles. The first-order valence-corrected chi connectivity index (χ1v) is 10.2. The Morgan fingerprint density at radius 1 is 1.03 bits per heavy atom. The van der Waals surface area contributed by atoms with Gasteiger partial charge < -0.3 is 14.4 Å². The van der Waals surface area contributed by atoms with E-state index in [0.29, 0.717) is 25.0 Å². The molecule has 0 bridgehead atoms. The minimum absolute atomic E-state index is 0.0482. The van der Waals surface area contributed by atoms with E-state index in [2.05, 4.69) is 10.00 Å². The summed E-state index contributed by atoms with van der Waals surface area (Å²) in [7, 11) is 3.30. The SMILES string of the molecule is COc1ccc(OC)c(CN2CCN(C(=O)Cn3ncc4ccccc4c3=O)CC2)c1. The van der Waals surface area contributed by atoms with E-state index in [4.69, 9.17) is 9.47 Å². The molecular weight excluding hydrogens is 396 g/mol. The number of amides is 1. The van der Waals surface area contributed by atoms with E-state index in [1.54, 1.807) is 31.4 Å². The van der Waals surface area contributed by atoms with E-state index in [1.807, 2.05) is 36.4 Å². The normalized spacial score (nSPS) is 14.6. The molecule has 0 aliphatic carbocycles. The molecule has 4 rings (SSSR count). The number of fused-ring (bicyclic) bond motifs is 1. The van der Waals surface area contributed by atoms with Crippen molar-refractivity contribution in [3.8, 4) is 11.5 Å². The van der Waals surface area contributed by atoms with Crippen molar-refractivity contribution in [2.45, 2.75) is 13.1 Å². The van der Waals surface area contributed by atoms with Crippen LogP contribution >= 0.6 is 0 Å². The summed E-state index contributed by atoms with van der Waals surface area (Å²) in [6, 6.07) is 13.0. The Morgan fingerprint density at radius 2 is 1.81 bits per heavy atom. The quantitative estimate of drug-likeness (QED) is 0.603. The second-order valence-corrected chi connectivity index (χ2v) is 7.53. The van der Waals surface area contributed by atoms with E-state index in [9.17, 15) is 9.59 Å². The Kier molecular flexibility index (Phi) is 6.18. The van der Waals surface area contributed by atoms with Crippen LogP contribution in [-0.4, -0.2) is 65.9 Å². The van der Waals surface area contributed by atoms with Crippen LogP contribution in [0.2, 0.25) is 0 Å². The maximum Gasteiger partial charge on any atom is 0.275 e. The zero-order valence-electron chi connectivity index (χ0n) is 17.8. The fraction of sp³-hybridized carbons (Fsp3) is 0.348. The number of rotatable bonds is 6. The van der Waals surface area contributed by atoms with Crippen LogP contribution < -0.4 is 15.0 Å². The van der Waals surface area contributed by atoms with Gasteiger partial charge >= 0.3 is 0 Å². The maximum absolute atomic E-state index is 12.8. The number of nitrogens with zero attached hydrogens (tertiary/aromatic N) is 4. The Hall–Kier alpha value is -3.39. The minimum Gasteiger partial charge on any atom is -0.497 e. The number of hydrogen-bond acceptors (Lipinski definition) is 6. The summed E-state index contributed by atoms with van der Waals surface area (Å²) in [6.07, 6.45) is 1.63. The van der Waals surface area contributed by atoms with Crippen LogP contribution in [0.15, 0.2) is 53.5 Å². The van der Waals surface area contributed by atoms with Gasteiger partial charge in [-0.25, -0.2) is 4.68 Å². The van der Waals surface area contributed by atoms with Gasteiger partial charge in [0.15, 0.2) is 0 Å². The Bertz CT molecular complexity index is 1140. The fourth-order valence-corrected chi connectivity index (χ4v) is 3.87. The lowest BCUT2D eigenvalue weighted by atomic mass is 10.1. The van der Waals surface area contributed by atoms with Gasteiger partial charge in [-0.15, -0.1) is 0 Å². The molecule has 0 atom stereocenters. The third-order valence-corrected chi connectivity index (χ3v) is 5.65. The van der Waals surface area contributed by atoms with Gasteiger partial charge in [0, 0.05) is 43.7 Å². The second kappa shape index (κ2) is 9.18. The fourth-order valence-electron chi connectivity index (χ4n) is 3.87. The first kappa shape index (κ1) is 20.9. The average Bonchev–Trinajstić information content (AvgIpc) is 2.81. The van der Waals surface area contributed by atoms with Crippen molar-refractivity contribution in [3.63, 3.8) is 0 Å². The third kappa shape index (κ3) is 4.54. The van der Waals surface area contributed by atoms with Gasteiger partial charge in [-0.05, 0) is 24.3 Å². The van der Waals surface area contributed by atoms with Gasteiger partial charge in [0.05, 0.1) is 25.8 Å². The number of methoxy groups -OCH3 is 2. The summed E-state index contributed by atoms with van der Waals surface area (Å²) in [5, 5.41) is 5.52. The highest BCUT2D eigenvalue weighted by Crippen LogP contribution is 2.25. The smallest absolute Gasteiger partial charge is 0.275 e. The van der Waals surface area contributed by atoms with Crippen molar-refractivity contribution in [3.05, 3.63) is 64.6 Å². The molecule has 1 amide bonds. The standard InChI is InChI=1S/C23H26N4O4/c1-30-19-7-8-21(31-2)18(13-19)15-25-9-11-26(12-10-25)22(28)16-27-23(29)20-6-4-3-5-17(20)14-24-27/h3-8,13-14H,9-12,15-16H2,1-2H3. The van der Waals surface area contributed by atoms with Gasteiger partial charge in [0.25, 0.3) is 5.56 Å². The van der Waals surface area contributed by atoms with Crippen LogP contribution in [-0.2, 0) is 17.9 Å². The molecule has 31 heavy (non-hydrogen) atoms.